The number of hydrogen-bond donors (Lipinski definition) is 2. The molecule has 34 heavy (non-hydrogen) atoms. The van der Waals surface area contributed by atoms with E-state index in [9.17, 15) is 18.0 Å². The van der Waals surface area contributed by atoms with Gasteiger partial charge in [-0.2, -0.15) is 18.3 Å². The summed E-state index contributed by atoms with van der Waals surface area (Å²) in [4.78, 5) is 20.9. The van der Waals surface area contributed by atoms with Crippen LogP contribution < -0.4 is 11.1 Å². The number of anilines is 2. The van der Waals surface area contributed by atoms with Crippen molar-refractivity contribution < 1.29 is 18.0 Å². The summed E-state index contributed by atoms with van der Waals surface area (Å²) in [6.07, 6.45) is -3.14. The average molecular weight is 464 g/mol. The van der Waals surface area contributed by atoms with E-state index in [4.69, 9.17) is 5.73 Å². The van der Waals surface area contributed by atoms with Gasteiger partial charge in [-0.15, -0.1) is 0 Å². The zero-order chi connectivity index (χ0) is 24.5. The van der Waals surface area contributed by atoms with Crippen molar-refractivity contribution in [3.63, 3.8) is 0 Å². The number of nitrogens with one attached hydrogen (secondary N) is 1. The average Bonchev–Trinajstić information content (AvgIpc) is 3.18. The van der Waals surface area contributed by atoms with E-state index < -0.39 is 17.6 Å². The van der Waals surface area contributed by atoms with Gasteiger partial charge >= 0.3 is 6.18 Å². The number of hydrogen-bond acceptors (Lipinski definition) is 5. The largest absolute Gasteiger partial charge is 0.416 e. The van der Waals surface area contributed by atoms with Crippen molar-refractivity contribution in [2.75, 3.05) is 11.1 Å². The summed E-state index contributed by atoms with van der Waals surface area (Å²) >= 11 is 0. The van der Waals surface area contributed by atoms with Crippen molar-refractivity contribution in [3.8, 4) is 11.8 Å². The number of rotatable bonds is 3. The molecule has 0 spiro atoms. The minimum absolute atomic E-state index is 0.0234. The van der Waals surface area contributed by atoms with Crippen molar-refractivity contribution in [2.45, 2.75) is 26.1 Å². The predicted molar refractivity (Wildman–Crippen MR) is 122 cm³/mol. The van der Waals surface area contributed by atoms with Gasteiger partial charge in [-0.25, -0.2) is 14.6 Å². The lowest BCUT2D eigenvalue weighted by atomic mass is 10.1. The molecule has 0 saturated heterocycles. The van der Waals surface area contributed by atoms with Crippen molar-refractivity contribution in [2.24, 2.45) is 0 Å². The molecule has 0 aliphatic carbocycles. The van der Waals surface area contributed by atoms with E-state index >= 15 is 0 Å². The summed E-state index contributed by atoms with van der Waals surface area (Å²) in [7, 11) is 0. The first-order chi connectivity index (χ1) is 16.1. The number of alkyl halides is 3. The van der Waals surface area contributed by atoms with Crippen LogP contribution in [0.1, 0.15) is 47.1 Å². The number of carbonyl (C=O) groups is 1. The van der Waals surface area contributed by atoms with E-state index in [1.165, 1.54) is 24.5 Å². The number of amides is 1. The highest BCUT2D eigenvalue weighted by atomic mass is 19.4. The summed E-state index contributed by atoms with van der Waals surface area (Å²) in [5.74, 6) is 5.62. The Balaban J connectivity index is 1.61. The molecule has 0 unspecified atom stereocenters. The van der Waals surface area contributed by atoms with Crippen LogP contribution in [-0.4, -0.2) is 25.7 Å². The van der Waals surface area contributed by atoms with Crippen LogP contribution in [0.4, 0.5) is 24.7 Å². The Hall–Kier alpha value is -4.39. The fourth-order valence-electron chi connectivity index (χ4n) is 3.29. The second kappa shape index (κ2) is 8.86. The first kappa shape index (κ1) is 22.8. The molecular formula is C24H19F3N6O. The zero-order valence-electron chi connectivity index (χ0n) is 18.2. The van der Waals surface area contributed by atoms with Crippen LogP contribution in [0.15, 0.2) is 54.9 Å². The van der Waals surface area contributed by atoms with Gasteiger partial charge in [0, 0.05) is 22.9 Å². The van der Waals surface area contributed by atoms with E-state index in [1.54, 1.807) is 22.9 Å². The van der Waals surface area contributed by atoms with Crippen LogP contribution in [0.25, 0.3) is 11.0 Å². The molecule has 0 bridgehead atoms. The van der Waals surface area contributed by atoms with Gasteiger partial charge in [0.2, 0.25) is 0 Å². The summed E-state index contributed by atoms with van der Waals surface area (Å²) in [6, 6.07) is 10.9. The fraction of sp³-hybridized carbons (Fsp3) is 0.167. The number of nitrogen functional groups attached to an aromatic ring is 1. The lowest BCUT2D eigenvalue weighted by Crippen LogP contribution is -2.13. The molecule has 0 atom stereocenters. The Labute approximate surface area is 192 Å². The molecule has 172 valence electrons. The second-order valence-electron chi connectivity index (χ2n) is 7.71. The maximum Gasteiger partial charge on any atom is 0.416 e. The lowest BCUT2D eigenvalue weighted by molar-refractivity contribution is -0.137. The number of fused-ring (bicyclic) bond motifs is 1. The molecular weight excluding hydrogens is 445 g/mol. The molecule has 0 aliphatic rings. The minimum atomic E-state index is -4.50. The van der Waals surface area contributed by atoms with Crippen molar-refractivity contribution >= 4 is 28.4 Å². The van der Waals surface area contributed by atoms with E-state index in [2.05, 4.69) is 32.2 Å². The Bertz CT molecular complexity index is 1450. The van der Waals surface area contributed by atoms with Crippen molar-refractivity contribution in [1.82, 2.24) is 19.7 Å². The number of nitrogens with zero attached hydrogens (tertiary/aromatic N) is 4. The Morgan fingerprint density at radius 1 is 1.09 bits per heavy atom. The van der Waals surface area contributed by atoms with Gasteiger partial charge in [-0.1, -0.05) is 18.1 Å². The monoisotopic (exact) mass is 464 g/mol. The van der Waals surface area contributed by atoms with Gasteiger partial charge < -0.3 is 11.1 Å². The van der Waals surface area contributed by atoms with E-state index in [0.29, 0.717) is 22.3 Å². The third-order valence-corrected chi connectivity index (χ3v) is 4.91. The van der Waals surface area contributed by atoms with Crippen LogP contribution in [-0.2, 0) is 6.18 Å². The molecule has 4 aromatic rings. The smallest absolute Gasteiger partial charge is 0.383 e. The molecule has 3 N–H and O–H groups in total. The summed E-state index contributed by atoms with van der Waals surface area (Å²) < 4.78 is 40.5. The molecule has 0 saturated carbocycles. The number of halogens is 3. The van der Waals surface area contributed by atoms with Crippen LogP contribution >= 0.6 is 0 Å². The summed E-state index contributed by atoms with van der Waals surface area (Å²) in [6.45, 7) is 3.91. The number of carbonyl (C=O) groups excluding carboxylic acids is 1. The third kappa shape index (κ3) is 4.68. The van der Waals surface area contributed by atoms with Crippen LogP contribution in [0, 0.1) is 11.8 Å². The molecule has 1 amide bonds. The van der Waals surface area contributed by atoms with E-state index in [1.807, 2.05) is 13.8 Å². The standard InChI is InChI=1S/C24H19F3N6O/c1-14(2)33-22-20(21(28)29-13-30-22)19(32-33)10-9-15-5-3-6-16(11-15)23(34)31-18-8-4-7-17(12-18)24(25,26)27/h3-8,11-14H,1-2H3,(H,31,34)(H2,28,29,30). The first-order valence-electron chi connectivity index (χ1n) is 10.2. The summed E-state index contributed by atoms with van der Waals surface area (Å²) in [5.41, 5.74) is 6.94. The molecule has 0 aliphatic heterocycles. The molecule has 2 heterocycles. The van der Waals surface area contributed by atoms with Gasteiger partial charge in [0.1, 0.15) is 17.8 Å². The van der Waals surface area contributed by atoms with Crippen LogP contribution in [0.3, 0.4) is 0 Å². The summed E-state index contributed by atoms with van der Waals surface area (Å²) in [5, 5.41) is 7.52. The first-order valence-corrected chi connectivity index (χ1v) is 10.2. The van der Waals surface area contributed by atoms with E-state index in [0.717, 1.165) is 12.1 Å². The highest BCUT2D eigenvalue weighted by Crippen LogP contribution is 2.30. The quantitative estimate of drug-likeness (QED) is 0.430. The van der Waals surface area contributed by atoms with E-state index in [-0.39, 0.29) is 23.1 Å². The highest BCUT2D eigenvalue weighted by Gasteiger charge is 2.30. The van der Waals surface area contributed by atoms with Gasteiger partial charge in [-0.05, 0) is 56.2 Å². The predicted octanol–water partition coefficient (Wildman–Crippen LogP) is 4.66. The topological polar surface area (TPSA) is 98.7 Å². The number of aromatic nitrogens is 4. The zero-order valence-corrected chi connectivity index (χ0v) is 18.2. The van der Waals surface area contributed by atoms with Gasteiger partial charge in [0.15, 0.2) is 5.65 Å². The van der Waals surface area contributed by atoms with Gasteiger partial charge in [0.25, 0.3) is 5.91 Å². The maximum atomic E-state index is 12.9. The lowest BCUT2D eigenvalue weighted by Gasteiger charge is -2.10. The second-order valence-corrected chi connectivity index (χ2v) is 7.71. The van der Waals surface area contributed by atoms with Crippen molar-refractivity contribution in [3.05, 3.63) is 77.2 Å². The normalized spacial score (nSPS) is 11.4. The van der Waals surface area contributed by atoms with Crippen LogP contribution in [0.5, 0.6) is 0 Å². The third-order valence-electron chi connectivity index (χ3n) is 4.91. The molecule has 4 rings (SSSR count). The minimum Gasteiger partial charge on any atom is -0.383 e. The number of nitrogens with two attached hydrogens (primary N) is 1. The van der Waals surface area contributed by atoms with Gasteiger partial charge in [-0.3, -0.25) is 4.79 Å². The SMILES string of the molecule is CC(C)n1nc(C#Cc2cccc(C(=O)Nc3cccc(C(F)(F)F)c3)c2)c2c(N)ncnc21. The molecule has 2 aromatic carbocycles. The Kier molecular flexibility index (Phi) is 5.94. The molecule has 2 aromatic heterocycles. The Morgan fingerprint density at radius 2 is 1.85 bits per heavy atom. The maximum absolute atomic E-state index is 12.9. The molecule has 0 radical (unpaired) electrons. The Morgan fingerprint density at radius 3 is 2.59 bits per heavy atom. The van der Waals surface area contributed by atoms with Crippen LogP contribution in [0.2, 0.25) is 0 Å². The van der Waals surface area contributed by atoms with Crippen molar-refractivity contribution in [1.29, 1.82) is 0 Å². The fourth-order valence-corrected chi connectivity index (χ4v) is 3.29. The number of benzene rings is 2. The molecule has 0 fully saturated rings. The highest BCUT2D eigenvalue weighted by molar-refractivity contribution is 6.04. The molecule has 10 heteroatoms. The van der Waals surface area contributed by atoms with Gasteiger partial charge in [0.05, 0.1) is 10.9 Å². The molecule has 7 nitrogen and oxygen atoms in total.